The molecule has 0 radical (unpaired) electrons. The molecule has 0 N–H and O–H groups in total. The van der Waals surface area contributed by atoms with Gasteiger partial charge in [0.2, 0.25) is 0 Å². The molecule has 0 aromatic heterocycles. The molecule has 0 heterocycles. The predicted octanol–water partition coefficient (Wildman–Crippen LogP) is 2.70. The number of rotatable bonds is 7. The molecule has 1 aromatic carbocycles. The summed E-state index contributed by atoms with van der Waals surface area (Å²) < 4.78 is 15.9. The third kappa shape index (κ3) is 4.04. The summed E-state index contributed by atoms with van der Waals surface area (Å²) in [5.74, 6) is 1.21. The van der Waals surface area contributed by atoms with Crippen LogP contribution in [0.3, 0.4) is 0 Å². The fourth-order valence-electron chi connectivity index (χ4n) is 1.51. The number of ether oxygens (including phenoxy) is 3. The van der Waals surface area contributed by atoms with Gasteiger partial charge >= 0.3 is 0 Å². The number of hydrogen-bond acceptors (Lipinski definition) is 4. The Balaban J connectivity index is 2.65. The first-order valence-electron chi connectivity index (χ1n) is 5.93. The van der Waals surface area contributed by atoms with Gasteiger partial charge in [0, 0.05) is 19.6 Å². The van der Waals surface area contributed by atoms with Crippen LogP contribution in [-0.2, 0) is 4.74 Å². The molecule has 1 unspecified atom stereocenters. The Morgan fingerprint density at radius 3 is 2.61 bits per heavy atom. The standard InChI is InChI=1S/C14H20O4/c1-10(16-3)7-8-18-12-5-6-13(11(2)15)14(9-12)17-4/h5-6,9-10H,7-8H2,1-4H3. The number of hydrogen-bond donors (Lipinski definition) is 0. The first kappa shape index (κ1) is 14.5. The molecule has 1 atom stereocenters. The topological polar surface area (TPSA) is 44.8 Å². The van der Waals surface area contributed by atoms with Crippen molar-refractivity contribution in [2.24, 2.45) is 0 Å². The lowest BCUT2D eigenvalue weighted by Crippen LogP contribution is -2.10. The van der Waals surface area contributed by atoms with E-state index in [4.69, 9.17) is 14.2 Å². The number of carbonyl (C=O) groups is 1. The van der Waals surface area contributed by atoms with Gasteiger partial charge in [-0.05, 0) is 26.0 Å². The minimum absolute atomic E-state index is 0.0218. The van der Waals surface area contributed by atoms with Crippen molar-refractivity contribution in [3.05, 3.63) is 23.8 Å². The predicted molar refractivity (Wildman–Crippen MR) is 69.6 cm³/mol. The van der Waals surface area contributed by atoms with Crippen LogP contribution in [0.25, 0.3) is 0 Å². The summed E-state index contributed by atoms with van der Waals surface area (Å²) in [6.07, 6.45) is 0.983. The first-order chi connectivity index (χ1) is 8.58. The maximum atomic E-state index is 11.3. The van der Waals surface area contributed by atoms with Gasteiger partial charge in [0.1, 0.15) is 11.5 Å². The van der Waals surface area contributed by atoms with E-state index in [0.29, 0.717) is 23.7 Å². The zero-order chi connectivity index (χ0) is 13.5. The zero-order valence-electron chi connectivity index (χ0n) is 11.4. The average Bonchev–Trinajstić information content (AvgIpc) is 2.37. The maximum absolute atomic E-state index is 11.3. The Morgan fingerprint density at radius 1 is 1.33 bits per heavy atom. The summed E-state index contributed by atoms with van der Waals surface area (Å²) in [7, 11) is 3.22. The van der Waals surface area contributed by atoms with Gasteiger partial charge in [0.25, 0.3) is 0 Å². The van der Waals surface area contributed by atoms with E-state index in [-0.39, 0.29) is 11.9 Å². The van der Waals surface area contributed by atoms with E-state index in [1.165, 1.54) is 6.92 Å². The summed E-state index contributed by atoms with van der Waals surface area (Å²) in [6, 6.07) is 5.22. The molecule has 0 spiro atoms. The van der Waals surface area contributed by atoms with E-state index in [0.717, 1.165) is 6.42 Å². The van der Waals surface area contributed by atoms with E-state index >= 15 is 0 Å². The van der Waals surface area contributed by atoms with Gasteiger partial charge in [-0.3, -0.25) is 4.79 Å². The summed E-state index contributed by atoms with van der Waals surface area (Å²) in [5.41, 5.74) is 0.565. The van der Waals surface area contributed by atoms with Gasteiger partial charge in [-0.1, -0.05) is 0 Å². The van der Waals surface area contributed by atoms with Crippen LogP contribution in [0.5, 0.6) is 11.5 Å². The lowest BCUT2D eigenvalue weighted by molar-refractivity contribution is 0.0955. The molecule has 0 aliphatic heterocycles. The quantitative estimate of drug-likeness (QED) is 0.700. The highest BCUT2D eigenvalue weighted by atomic mass is 16.5. The van der Waals surface area contributed by atoms with Crippen LogP contribution in [0.4, 0.5) is 0 Å². The summed E-state index contributed by atoms with van der Waals surface area (Å²) in [5, 5.41) is 0. The highest BCUT2D eigenvalue weighted by Gasteiger charge is 2.09. The number of methoxy groups -OCH3 is 2. The largest absolute Gasteiger partial charge is 0.496 e. The van der Waals surface area contributed by atoms with Gasteiger partial charge in [-0.2, -0.15) is 0 Å². The second kappa shape index (κ2) is 7.01. The normalized spacial score (nSPS) is 12.0. The van der Waals surface area contributed by atoms with Crippen molar-refractivity contribution < 1.29 is 19.0 Å². The van der Waals surface area contributed by atoms with Crippen molar-refractivity contribution in [2.75, 3.05) is 20.8 Å². The molecule has 4 nitrogen and oxygen atoms in total. The van der Waals surface area contributed by atoms with E-state index in [9.17, 15) is 4.79 Å². The Morgan fingerprint density at radius 2 is 2.06 bits per heavy atom. The van der Waals surface area contributed by atoms with E-state index < -0.39 is 0 Å². The van der Waals surface area contributed by atoms with Crippen LogP contribution in [0, 0.1) is 0 Å². The maximum Gasteiger partial charge on any atom is 0.163 e. The smallest absolute Gasteiger partial charge is 0.163 e. The van der Waals surface area contributed by atoms with Crippen LogP contribution >= 0.6 is 0 Å². The Labute approximate surface area is 108 Å². The summed E-state index contributed by atoms with van der Waals surface area (Å²) in [4.78, 5) is 11.3. The highest BCUT2D eigenvalue weighted by Crippen LogP contribution is 2.25. The lowest BCUT2D eigenvalue weighted by atomic mass is 10.1. The van der Waals surface area contributed by atoms with Crippen LogP contribution in [0.2, 0.25) is 0 Å². The molecule has 0 aliphatic rings. The van der Waals surface area contributed by atoms with E-state index in [1.807, 2.05) is 6.92 Å². The molecular weight excluding hydrogens is 232 g/mol. The third-order valence-corrected chi connectivity index (χ3v) is 2.75. The molecule has 1 aromatic rings. The molecule has 18 heavy (non-hydrogen) atoms. The van der Waals surface area contributed by atoms with Crippen molar-refractivity contribution in [3.8, 4) is 11.5 Å². The summed E-state index contributed by atoms with van der Waals surface area (Å²) >= 11 is 0. The third-order valence-electron chi connectivity index (χ3n) is 2.75. The molecule has 0 bridgehead atoms. The van der Waals surface area contributed by atoms with Crippen LogP contribution in [-0.4, -0.2) is 32.7 Å². The van der Waals surface area contributed by atoms with E-state index in [1.54, 1.807) is 32.4 Å². The SMILES string of the molecule is COc1cc(OCCC(C)OC)ccc1C(C)=O. The summed E-state index contributed by atoms with van der Waals surface area (Å²) in [6.45, 7) is 4.07. The van der Waals surface area contributed by atoms with E-state index in [2.05, 4.69) is 0 Å². The van der Waals surface area contributed by atoms with Gasteiger partial charge < -0.3 is 14.2 Å². The minimum atomic E-state index is -0.0218. The average molecular weight is 252 g/mol. The number of benzene rings is 1. The molecule has 0 amide bonds. The zero-order valence-corrected chi connectivity index (χ0v) is 11.4. The van der Waals surface area contributed by atoms with Crippen molar-refractivity contribution >= 4 is 5.78 Å². The molecule has 4 heteroatoms. The second-order valence-corrected chi connectivity index (χ2v) is 4.10. The fraction of sp³-hybridized carbons (Fsp3) is 0.500. The Bertz CT molecular complexity index is 401. The molecule has 0 fully saturated rings. The lowest BCUT2D eigenvalue weighted by Gasteiger charge is -2.12. The highest BCUT2D eigenvalue weighted by molar-refractivity contribution is 5.97. The number of ketones is 1. The molecule has 0 aliphatic carbocycles. The molecule has 100 valence electrons. The fourth-order valence-corrected chi connectivity index (χ4v) is 1.51. The van der Waals surface area contributed by atoms with Gasteiger partial charge in [-0.25, -0.2) is 0 Å². The number of Topliss-reactive ketones (excluding diaryl/α,β-unsaturated/α-hetero) is 1. The van der Waals surface area contributed by atoms with Crippen LogP contribution in [0.1, 0.15) is 30.6 Å². The number of carbonyl (C=O) groups excluding carboxylic acids is 1. The Hall–Kier alpha value is -1.55. The van der Waals surface area contributed by atoms with Crippen molar-refractivity contribution in [3.63, 3.8) is 0 Å². The van der Waals surface area contributed by atoms with Crippen molar-refractivity contribution in [1.29, 1.82) is 0 Å². The van der Waals surface area contributed by atoms with Gasteiger partial charge in [-0.15, -0.1) is 0 Å². The van der Waals surface area contributed by atoms with Crippen LogP contribution < -0.4 is 9.47 Å². The molecule has 0 saturated heterocycles. The second-order valence-electron chi connectivity index (χ2n) is 4.10. The van der Waals surface area contributed by atoms with Crippen molar-refractivity contribution in [1.82, 2.24) is 0 Å². The van der Waals surface area contributed by atoms with Crippen LogP contribution in [0.15, 0.2) is 18.2 Å². The minimum Gasteiger partial charge on any atom is -0.496 e. The van der Waals surface area contributed by atoms with Gasteiger partial charge in [0.05, 0.1) is 25.4 Å². The molecular formula is C14H20O4. The molecule has 0 saturated carbocycles. The first-order valence-corrected chi connectivity index (χ1v) is 5.93. The Kier molecular flexibility index (Phi) is 5.65. The van der Waals surface area contributed by atoms with Gasteiger partial charge in [0.15, 0.2) is 5.78 Å². The monoisotopic (exact) mass is 252 g/mol. The van der Waals surface area contributed by atoms with Crippen molar-refractivity contribution in [2.45, 2.75) is 26.4 Å². The molecule has 1 rings (SSSR count).